The van der Waals surface area contributed by atoms with E-state index in [2.05, 4.69) is 31.5 Å². The van der Waals surface area contributed by atoms with Crippen LogP contribution < -0.4 is 0 Å². The molecule has 1 aromatic carbocycles. The first-order chi connectivity index (χ1) is 12.2. The summed E-state index contributed by atoms with van der Waals surface area (Å²) in [7, 11) is 0. The number of hydrogen-bond donors (Lipinski definition) is 0. The highest BCUT2D eigenvalue weighted by Gasteiger charge is 2.30. The third-order valence-electron chi connectivity index (χ3n) is 3.89. The molecule has 6 nitrogen and oxygen atoms in total. The molecule has 0 amide bonds. The fourth-order valence-corrected chi connectivity index (χ4v) is 3.30. The first-order valence-corrected chi connectivity index (χ1v) is 8.98. The number of rotatable bonds is 7. The van der Waals surface area contributed by atoms with Crippen molar-refractivity contribution in [3.05, 3.63) is 54.4 Å². The Morgan fingerprint density at radius 2 is 2.08 bits per heavy atom. The summed E-state index contributed by atoms with van der Waals surface area (Å²) in [6, 6.07) is 5.96. The van der Waals surface area contributed by atoms with Crippen LogP contribution in [-0.2, 0) is 12.3 Å². The van der Waals surface area contributed by atoms with Crippen molar-refractivity contribution in [1.29, 1.82) is 0 Å². The summed E-state index contributed by atoms with van der Waals surface area (Å²) < 4.78 is 20.3. The van der Waals surface area contributed by atoms with Gasteiger partial charge in [0.15, 0.2) is 11.0 Å². The molecule has 3 aromatic rings. The Morgan fingerprint density at radius 1 is 1.28 bits per heavy atom. The standard InChI is InChI=1S/C17H16FN5OS/c1-2-9-23-15(11-3-4-11)20-21-17(23)25-10-14-19-16(24-22-14)12-5-7-13(18)8-6-12/h2,5-8,11H,1,3-4,9-10H2. The van der Waals surface area contributed by atoms with E-state index in [-0.39, 0.29) is 5.82 Å². The minimum absolute atomic E-state index is 0.299. The lowest BCUT2D eigenvalue weighted by molar-refractivity contribution is 0.425. The summed E-state index contributed by atoms with van der Waals surface area (Å²) in [5.41, 5.74) is 0.691. The van der Waals surface area contributed by atoms with E-state index < -0.39 is 0 Å². The molecule has 4 rings (SSSR count). The molecule has 25 heavy (non-hydrogen) atoms. The Bertz CT molecular complexity index is 885. The second-order valence-corrected chi connectivity index (χ2v) is 6.77. The Morgan fingerprint density at radius 3 is 2.80 bits per heavy atom. The van der Waals surface area contributed by atoms with E-state index >= 15 is 0 Å². The normalized spacial score (nSPS) is 14.0. The van der Waals surface area contributed by atoms with Crippen molar-refractivity contribution in [2.24, 2.45) is 0 Å². The van der Waals surface area contributed by atoms with Gasteiger partial charge >= 0.3 is 0 Å². The number of benzene rings is 1. The van der Waals surface area contributed by atoms with Gasteiger partial charge in [-0.2, -0.15) is 4.98 Å². The van der Waals surface area contributed by atoms with Crippen molar-refractivity contribution in [2.75, 3.05) is 0 Å². The molecule has 0 unspecified atom stereocenters. The minimum Gasteiger partial charge on any atom is -0.334 e. The lowest BCUT2D eigenvalue weighted by atomic mass is 10.2. The predicted octanol–water partition coefficient (Wildman–Crippen LogP) is 3.82. The number of aromatic nitrogens is 5. The van der Waals surface area contributed by atoms with E-state index in [0.29, 0.717) is 35.5 Å². The molecular weight excluding hydrogens is 341 g/mol. The molecule has 0 aliphatic heterocycles. The maximum Gasteiger partial charge on any atom is 0.257 e. The first kappa shape index (κ1) is 16.0. The molecule has 2 heterocycles. The quantitative estimate of drug-likeness (QED) is 0.473. The largest absolute Gasteiger partial charge is 0.334 e. The average molecular weight is 357 g/mol. The van der Waals surface area contributed by atoms with Gasteiger partial charge in [-0.05, 0) is 37.1 Å². The third kappa shape index (κ3) is 3.48. The van der Waals surface area contributed by atoms with Crippen LogP contribution in [0.1, 0.15) is 30.4 Å². The number of thioether (sulfide) groups is 1. The van der Waals surface area contributed by atoms with Crippen molar-refractivity contribution >= 4 is 11.8 Å². The van der Waals surface area contributed by atoms with Crippen LogP contribution in [0.25, 0.3) is 11.5 Å². The molecule has 8 heteroatoms. The van der Waals surface area contributed by atoms with E-state index in [1.165, 1.54) is 36.7 Å². The van der Waals surface area contributed by atoms with Gasteiger partial charge in [-0.1, -0.05) is 23.0 Å². The molecule has 0 radical (unpaired) electrons. The summed E-state index contributed by atoms with van der Waals surface area (Å²) >= 11 is 1.51. The minimum atomic E-state index is -0.299. The highest BCUT2D eigenvalue weighted by molar-refractivity contribution is 7.98. The number of nitrogens with zero attached hydrogens (tertiary/aromatic N) is 5. The Kier molecular flexibility index (Phi) is 4.35. The van der Waals surface area contributed by atoms with Gasteiger partial charge in [0.05, 0.1) is 5.75 Å². The molecule has 128 valence electrons. The highest BCUT2D eigenvalue weighted by Crippen LogP contribution is 2.40. The fourth-order valence-electron chi connectivity index (χ4n) is 2.50. The van der Waals surface area contributed by atoms with Gasteiger partial charge in [0, 0.05) is 18.0 Å². The molecule has 0 spiro atoms. The van der Waals surface area contributed by atoms with E-state index in [1.54, 1.807) is 12.1 Å². The Labute approximate surface area is 148 Å². The summed E-state index contributed by atoms with van der Waals surface area (Å²) in [6.45, 7) is 4.50. The van der Waals surface area contributed by atoms with Gasteiger partial charge in [0.2, 0.25) is 0 Å². The van der Waals surface area contributed by atoms with Crippen molar-refractivity contribution < 1.29 is 8.91 Å². The Balaban J connectivity index is 1.47. The predicted molar refractivity (Wildman–Crippen MR) is 91.4 cm³/mol. The topological polar surface area (TPSA) is 69.6 Å². The van der Waals surface area contributed by atoms with Crippen LogP contribution in [0.3, 0.4) is 0 Å². The number of halogens is 1. The van der Waals surface area contributed by atoms with Gasteiger partial charge in [-0.15, -0.1) is 16.8 Å². The van der Waals surface area contributed by atoms with Gasteiger partial charge in [0.1, 0.15) is 11.6 Å². The summed E-state index contributed by atoms with van der Waals surface area (Å²) in [4.78, 5) is 4.36. The molecule has 0 bridgehead atoms. The van der Waals surface area contributed by atoms with Crippen LogP contribution in [-0.4, -0.2) is 24.9 Å². The summed E-state index contributed by atoms with van der Waals surface area (Å²) in [5.74, 6) is 2.71. The molecule has 1 aliphatic rings. The zero-order valence-electron chi connectivity index (χ0n) is 13.4. The van der Waals surface area contributed by atoms with Crippen molar-refractivity contribution in [1.82, 2.24) is 24.9 Å². The van der Waals surface area contributed by atoms with E-state index in [4.69, 9.17) is 4.52 Å². The van der Waals surface area contributed by atoms with E-state index in [9.17, 15) is 4.39 Å². The van der Waals surface area contributed by atoms with Gasteiger partial charge in [-0.25, -0.2) is 4.39 Å². The summed E-state index contributed by atoms with van der Waals surface area (Å²) in [5, 5.41) is 13.4. The maximum absolute atomic E-state index is 13.0. The lowest BCUT2D eigenvalue weighted by Gasteiger charge is -2.05. The lowest BCUT2D eigenvalue weighted by Crippen LogP contribution is -2.02. The van der Waals surface area contributed by atoms with Crippen molar-refractivity contribution in [3.8, 4) is 11.5 Å². The van der Waals surface area contributed by atoms with Crippen molar-refractivity contribution in [3.63, 3.8) is 0 Å². The molecule has 0 N–H and O–H groups in total. The number of hydrogen-bond acceptors (Lipinski definition) is 6. The first-order valence-electron chi connectivity index (χ1n) is 8.00. The molecular formula is C17H16FN5OS. The van der Waals surface area contributed by atoms with Crippen LogP contribution in [0.4, 0.5) is 4.39 Å². The van der Waals surface area contributed by atoms with Crippen LogP contribution in [0, 0.1) is 5.82 Å². The highest BCUT2D eigenvalue weighted by atomic mass is 32.2. The molecule has 1 saturated carbocycles. The smallest absolute Gasteiger partial charge is 0.257 e. The van der Waals surface area contributed by atoms with Crippen LogP contribution >= 0.6 is 11.8 Å². The molecule has 1 aliphatic carbocycles. The molecule has 0 saturated heterocycles. The van der Waals surface area contributed by atoms with Crippen molar-refractivity contribution in [2.45, 2.75) is 36.2 Å². The summed E-state index contributed by atoms with van der Waals surface area (Å²) in [6.07, 6.45) is 4.19. The van der Waals surface area contributed by atoms with E-state index in [1.807, 2.05) is 6.08 Å². The van der Waals surface area contributed by atoms with Crippen LogP contribution in [0.2, 0.25) is 0 Å². The second kappa shape index (κ2) is 6.79. The third-order valence-corrected chi connectivity index (χ3v) is 4.85. The monoisotopic (exact) mass is 357 g/mol. The molecule has 0 atom stereocenters. The zero-order chi connectivity index (χ0) is 17.2. The molecule has 1 fully saturated rings. The van der Waals surface area contributed by atoms with Gasteiger partial charge < -0.3 is 9.09 Å². The maximum atomic E-state index is 13.0. The van der Waals surface area contributed by atoms with Crippen LogP contribution in [0.5, 0.6) is 0 Å². The Hall–Kier alpha value is -2.48. The SMILES string of the molecule is C=CCn1c(SCc2noc(-c3ccc(F)cc3)n2)nnc1C1CC1. The fraction of sp³-hybridized carbons (Fsp3) is 0.294. The zero-order valence-corrected chi connectivity index (χ0v) is 14.2. The number of allylic oxidation sites excluding steroid dienone is 1. The van der Waals surface area contributed by atoms with Gasteiger partial charge in [-0.3, -0.25) is 0 Å². The average Bonchev–Trinajstić information content (AvgIpc) is 3.22. The van der Waals surface area contributed by atoms with Gasteiger partial charge in [0.25, 0.3) is 5.89 Å². The second-order valence-electron chi connectivity index (χ2n) is 5.83. The molecule has 2 aromatic heterocycles. The van der Waals surface area contributed by atoms with Crippen LogP contribution in [0.15, 0.2) is 46.6 Å². The van der Waals surface area contributed by atoms with E-state index in [0.717, 1.165) is 11.0 Å².